The van der Waals surface area contributed by atoms with Gasteiger partial charge in [-0.25, -0.2) is 0 Å². The number of nitrogens with zero attached hydrogens (tertiary/aromatic N) is 1. The van der Waals surface area contributed by atoms with E-state index in [1.165, 1.54) is 11.1 Å². The number of pyridine rings is 1. The third-order valence-electron chi connectivity index (χ3n) is 3.46. The zero-order valence-corrected chi connectivity index (χ0v) is 11.2. The van der Waals surface area contributed by atoms with Crippen molar-refractivity contribution in [3.05, 3.63) is 59.4 Å². The highest BCUT2D eigenvalue weighted by molar-refractivity contribution is 5.92. The van der Waals surface area contributed by atoms with Crippen LogP contribution in [0.4, 0.5) is 5.69 Å². The molecule has 102 valence electrons. The molecule has 1 aromatic heterocycles. The Labute approximate surface area is 118 Å². The number of benzene rings is 1. The first-order chi connectivity index (χ1) is 9.81. The summed E-state index contributed by atoms with van der Waals surface area (Å²) >= 11 is 0. The number of aromatic nitrogens is 1. The molecule has 0 atom stereocenters. The van der Waals surface area contributed by atoms with E-state index in [1.807, 2.05) is 18.2 Å². The van der Waals surface area contributed by atoms with Crippen molar-refractivity contribution in [2.24, 2.45) is 0 Å². The number of carbonyl (C=O) groups is 1. The van der Waals surface area contributed by atoms with Gasteiger partial charge in [0.2, 0.25) is 5.91 Å². The molecule has 2 N–H and O–H groups in total. The minimum absolute atomic E-state index is 0.0123. The normalized spacial score (nSPS) is 13.6. The minimum atomic E-state index is -0.0123. The number of hydrogen-bond acceptors (Lipinski definition) is 3. The number of fused-ring (bicyclic) bond motifs is 1. The fourth-order valence-corrected chi connectivity index (χ4v) is 2.45. The summed E-state index contributed by atoms with van der Waals surface area (Å²) in [6.45, 7) is 1.90. The van der Waals surface area contributed by atoms with Crippen LogP contribution in [-0.2, 0) is 24.2 Å². The van der Waals surface area contributed by atoms with E-state index in [-0.39, 0.29) is 5.91 Å². The third kappa shape index (κ3) is 3.03. The fourth-order valence-electron chi connectivity index (χ4n) is 2.45. The Kier molecular flexibility index (Phi) is 3.74. The van der Waals surface area contributed by atoms with Crippen molar-refractivity contribution in [1.29, 1.82) is 0 Å². The van der Waals surface area contributed by atoms with Gasteiger partial charge >= 0.3 is 0 Å². The number of rotatable bonds is 3. The molecule has 0 fully saturated rings. The number of amides is 1. The molecule has 0 bridgehead atoms. The van der Waals surface area contributed by atoms with Gasteiger partial charge in [0.05, 0.1) is 6.42 Å². The molecule has 0 saturated heterocycles. The summed E-state index contributed by atoms with van der Waals surface area (Å²) in [4.78, 5) is 16.0. The number of anilines is 1. The lowest BCUT2D eigenvalue weighted by Crippen LogP contribution is -2.24. The monoisotopic (exact) mass is 267 g/mol. The quantitative estimate of drug-likeness (QED) is 0.893. The summed E-state index contributed by atoms with van der Waals surface area (Å²) in [7, 11) is 0. The molecular formula is C16H17N3O. The van der Waals surface area contributed by atoms with Gasteiger partial charge in [-0.15, -0.1) is 0 Å². The summed E-state index contributed by atoms with van der Waals surface area (Å²) in [6.07, 6.45) is 4.83. The van der Waals surface area contributed by atoms with Gasteiger partial charge < -0.3 is 10.6 Å². The van der Waals surface area contributed by atoms with Crippen LogP contribution < -0.4 is 10.6 Å². The summed E-state index contributed by atoms with van der Waals surface area (Å²) in [5.41, 5.74) is 4.43. The van der Waals surface area contributed by atoms with Gasteiger partial charge in [-0.2, -0.15) is 0 Å². The van der Waals surface area contributed by atoms with Crippen molar-refractivity contribution in [3.8, 4) is 0 Å². The molecule has 0 radical (unpaired) electrons. The molecule has 0 saturated carbocycles. The first-order valence-electron chi connectivity index (χ1n) is 6.82. The second-order valence-electron chi connectivity index (χ2n) is 5.00. The van der Waals surface area contributed by atoms with Crippen LogP contribution in [0.3, 0.4) is 0 Å². The Morgan fingerprint density at radius 3 is 3.10 bits per heavy atom. The minimum Gasteiger partial charge on any atom is -0.326 e. The highest BCUT2D eigenvalue weighted by Crippen LogP contribution is 2.19. The lowest BCUT2D eigenvalue weighted by atomic mass is 10.0. The predicted octanol–water partition coefficient (Wildman–Crippen LogP) is 1.91. The Balaban J connectivity index is 1.67. The van der Waals surface area contributed by atoms with E-state index >= 15 is 0 Å². The van der Waals surface area contributed by atoms with Crippen LogP contribution in [0.1, 0.15) is 16.7 Å². The summed E-state index contributed by atoms with van der Waals surface area (Å²) in [5, 5.41) is 6.29. The molecule has 0 unspecified atom stereocenters. The fraction of sp³-hybridized carbons (Fsp3) is 0.250. The second-order valence-corrected chi connectivity index (χ2v) is 5.00. The van der Waals surface area contributed by atoms with Crippen LogP contribution >= 0.6 is 0 Å². The van der Waals surface area contributed by atoms with Crippen LogP contribution in [0.2, 0.25) is 0 Å². The highest BCUT2D eigenvalue weighted by Gasteiger charge is 2.10. The first-order valence-corrected chi connectivity index (χ1v) is 6.82. The molecule has 2 aromatic rings. The molecule has 0 aliphatic carbocycles. The molecule has 1 aliphatic rings. The van der Waals surface area contributed by atoms with Crippen LogP contribution in [0.25, 0.3) is 0 Å². The maximum atomic E-state index is 12.0. The van der Waals surface area contributed by atoms with Gasteiger partial charge in [-0.05, 0) is 47.9 Å². The zero-order chi connectivity index (χ0) is 13.8. The van der Waals surface area contributed by atoms with E-state index < -0.39 is 0 Å². The Hall–Kier alpha value is -2.20. The number of nitrogens with one attached hydrogen (secondary N) is 2. The van der Waals surface area contributed by atoms with Gasteiger partial charge in [0, 0.05) is 24.6 Å². The smallest absolute Gasteiger partial charge is 0.228 e. The van der Waals surface area contributed by atoms with Crippen molar-refractivity contribution in [2.75, 3.05) is 11.9 Å². The van der Waals surface area contributed by atoms with Crippen molar-refractivity contribution in [1.82, 2.24) is 10.3 Å². The Bertz CT molecular complexity index is 610. The molecular weight excluding hydrogens is 250 g/mol. The number of hydrogen-bond donors (Lipinski definition) is 2. The SMILES string of the molecule is O=C(Cc1cccnc1)Nc1ccc2c(c1)CNCC2. The highest BCUT2D eigenvalue weighted by atomic mass is 16.1. The van der Waals surface area contributed by atoms with Gasteiger partial charge in [0.25, 0.3) is 0 Å². The molecule has 1 aromatic carbocycles. The van der Waals surface area contributed by atoms with Gasteiger partial charge in [0.1, 0.15) is 0 Å². The largest absolute Gasteiger partial charge is 0.326 e. The topological polar surface area (TPSA) is 54.0 Å². The van der Waals surface area contributed by atoms with Crippen molar-refractivity contribution >= 4 is 11.6 Å². The number of carbonyl (C=O) groups excluding carboxylic acids is 1. The van der Waals surface area contributed by atoms with Crippen LogP contribution in [0.15, 0.2) is 42.7 Å². The standard InChI is InChI=1S/C16H17N3O/c20-16(8-12-2-1-6-17-10-12)19-15-4-3-13-5-7-18-11-14(13)9-15/h1-4,6,9-10,18H,5,7-8,11H2,(H,19,20). The van der Waals surface area contributed by atoms with Crippen molar-refractivity contribution < 1.29 is 4.79 Å². The Morgan fingerprint density at radius 1 is 1.30 bits per heavy atom. The average molecular weight is 267 g/mol. The van der Waals surface area contributed by atoms with Gasteiger partial charge in [-0.3, -0.25) is 9.78 Å². The molecule has 0 spiro atoms. The molecule has 4 nitrogen and oxygen atoms in total. The van der Waals surface area contributed by atoms with Gasteiger partial charge in [0.15, 0.2) is 0 Å². The molecule has 1 aliphatic heterocycles. The summed E-state index contributed by atoms with van der Waals surface area (Å²) in [6, 6.07) is 9.89. The van der Waals surface area contributed by atoms with Crippen LogP contribution in [0.5, 0.6) is 0 Å². The lowest BCUT2D eigenvalue weighted by molar-refractivity contribution is -0.115. The van der Waals surface area contributed by atoms with Gasteiger partial charge in [-0.1, -0.05) is 12.1 Å². The predicted molar refractivity (Wildman–Crippen MR) is 78.4 cm³/mol. The first kappa shape index (κ1) is 12.8. The van der Waals surface area contributed by atoms with E-state index in [0.717, 1.165) is 30.8 Å². The average Bonchev–Trinajstić information content (AvgIpc) is 2.48. The molecule has 4 heteroatoms. The zero-order valence-electron chi connectivity index (χ0n) is 11.2. The molecule has 20 heavy (non-hydrogen) atoms. The lowest BCUT2D eigenvalue weighted by Gasteiger charge is -2.18. The van der Waals surface area contributed by atoms with E-state index in [9.17, 15) is 4.79 Å². The van der Waals surface area contributed by atoms with Crippen LogP contribution in [0, 0.1) is 0 Å². The second kappa shape index (κ2) is 5.84. The maximum absolute atomic E-state index is 12.0. The van der Waals surface area contributed by atoms with E-state index in [0.29, 0.717) is 6.42 Å². The Morgan fingerprint density at radius 2 is 2.25 bits per heavy atom. The summed E-state index contributed by atoms with van der Waals surface area (Å²) in [5.74, 6) is -0.0123. The van der Waals surface area contributed by atoms with E-state index in [2.05, 4.69) is 27.8 Å². The van der Waals surface area contributed by atoms with Crippen LogP contribution in [-0.4, -0.2) is 17.4 Å². The third-order valence-corrected chi connectivity index (χ3v) is 3.46. The van der Waals surface area contributed by atoms with E-state index in [1.54, 1.807) is 12.4 Å². The molecule has 3 rings (SSSR count). The molecule has 2 heterocycles. The van der Waals surface area contributed by atoms with Crippen molar-refractivity contribution in [3.63, 3.8) is 0 Å². The summed E-state index contributed by atoms with van der Waals surface area (Å²) < 4.78 is 0. The maximum Gasteiger partial charge on any atom is 0.228 e. The van der Waals surface area contributed by atoms with Crippen molar-refractivity contribution in [2.45, 2.75) is 19.4 Å². The van der Waals surface area contributed by atoms with E-state index in [4.69, 9.17) is 0 Å². The molecule has 1 amide bonds.